The van der Waals surface area contributed by atoms with Gasteiger partial charge in [-0.15, -0.1) is 0 Å². The third kappa shape index (κ3) is 4.23. The first-order valence-electron chi connectivity index (χ1n) is 11.9. The lowest BCUT2D eigenvalue weighted by atomic mass is 9.91. The number of aromatic nitrogens is 2. The van der Waals surface area contributed by atoms with Crippen LogP contribution < -0.4 is 20.4 Å². The summed E-state index contributed by atoms with van der Waals surface area (Å²) < 4.78 is 19.3. The Balaban J connectivity index is 1.51. The zero-order valence-electron chi connectivity index (χ0n) is 21.1. The number of hydrogen-bond donors (Lipinski definition) is 1. The van der Waals surface area contributed by atoms with E-state index in [9.17, 15) is 9.59 Å². The fourth-order valence-corrected chi connectivity index (χ4v) is 4.75. The zero-order chi connectivity index (χ0) is 25.6. The molecular weight excluding hydrogens is 458 g/mol. The number of rotatable bonds is 5. The average molecular weight is 488 g/mol. The first kappa shape index (κ1) is 23.7. The molecule has 2 aromatic heterocycles. The van der Waals surface area contributed by atoms with E-state index in [2.05, 4.69) is 10.4 Å². The molecule has 1 aliphatic heterocycles. The maximum Gasteiger partial charge on any atom is 0.340 e. The monoisotopic (exact) mass is 487 g/mol. The molecule has 0 radical (unpaired) electrons. The summed E-state index contributed by atoms with van der Waals surface area (Å²) in [7, 11) is 1.57. The lowest BCUT2D eigenvalue weighted by Crippen LogP contribution is -2.32. The molecule has 0 spiro atoms. The Bertz CT molecular complexity index is 1530. The number of benzene rings is 2. The van der Waals surface area contributed by atoms with Crippen LogP contribution in [0.1, 0.15) is 42.7 Å². The lowest BCUT2D eigenvalue weighted by Gasteiger charge is -2.33. The maximum absolute atomic E-state index is 13.1. The van der Waals surface area contributed by atoms with Gasteiger partial charge in [0.1, 0.15) is 28.5 Å². The van der Waals surface area contributed by atoms with Gasteiger partial charge in [0.2, 0.25) is 5.91 Å². The Kier molecular flexibility index (Phi) is 5.82. The van der Waals surface area contributed by atoms with Crippen molar-refractivity contribution in [3.05, 3.63) is 75.3 Å². The van der Waals surface area contributed by atoms with Crippen LogP contribution in [0.4, 0.5) is 5.82 Å². The standard InChI is InChI=1S/C28H29N3O5/c1-16-13-23(31(30-16)18-9-7-6-8-10-18)29-24(32)14-20-17(2)25-22(34-5)15-21-19(26(25)35-27(20)33)11-12-28(3,4)36-21/h6-10,13,15H,11-12,14H2,1-5H3,(H,29,32). The first-order chi connectivity index (χ1) is 17.2. The van der Waals surface area contributed by atoms with Gasteiger partial charge in [-0.05, 0) is 58.2 Å². The molecule has 1 amide bonds. The molecule has 186 valence electrons. The van der Waals surface area contributed by atoms with E-state index in [0.717, 1.165) is 23.4 Å². The summed E-state index contributed by atoms with van der Waals surface area (Å²) in [6, 6.07) is 13.2. The summed E-state index contributed by atoms with van der Waals surface area (Å²) in [5, 5.41) is 8.07. The molecule has 2 aromatic carbocycles. The van der Waals surface area contributed by atoms with E-state index in [1.807, 2.05) is 64.1 Å². The number of ether oxygens (including phenoxy) is 2. The van der Waals surface area contributed by atoms with Gasteiger partial charge in [0.15, 0.2) is 0 Å². The van der Waals surface area contributed by atoms with Crippen LogP contribution in [0.5, 0.6) is 11.5 Å². The van der Waals surface area contributed by atoms with Crippen molar-refractivity contribution < 1.29 is 18.7 Å². The van der Waals surface area contributed by atoms with E-state index in [0.29, 0.717) is 40.3 Å². The molecule has 5 rings (SSSR count). The van der Waals surface area contributed by atoms with Gasteiger partial charge in [-0.2, -0.15) is 5.10 Å². The van der Waals surface area contributed by atoms with Gasteiger partial charge < -0.3 is 19.2 Å². The van der Waals surface area contributed by atoms with Crippen LogP contribution in [0.2, 0.25) is 0 Å². The fraction of sp³-hybridized carbons (Fsp3) is 0.321. The van der Waals surface area contributed by atoms with Gasteiger partial charge >= 0.3 is 5.63 Å². The molecule has 0 atom stereocenters. The average Bonchev–Trinajstić information content (AvgIpc) is 3.20. The van der Waals surface area contributed by atoms with E-state index in [1.54, 1.807) is 17.9 Å². The second kappa shape index (κ2) is 8.86. The van der Waals surface area contributed by atoms with Crippen molar-refractivity contribution in [1.82, 2.24) is 9.78 Å². The minimum atomic E-state index is -0.539. The summed E-state index contributed by atoms with van der Waals surface area (Å²) in [6.07, 6.45) is 1.36. The van der Waals surface area contributed by atoms with Gasteiger partial charge in [-0.1, -0.05) is 18.2 Å². The maximum atomic E-state index is 13.1. The molecule has 0 saturated heterocycles. The Hall–Kier alpha value is -4.07. The predicted molar refractivity (Wildman–Crippen MR) is 137 cm³/mol. The summed E-state index contributed by atoms with van der Waals surface area (Å²) in [4.78, 5) is 26.2. The molecule has 0 saturated carbocycles. The quantitative estimate of drug-likeness (QED) is 0.403. The van der Waals surface area contributed by atoms with Crippen LogP contribution in [0, 0.1) is 13.8 Å². The Morgan fingerprint density at radius 3 is 2.67 bits per heavy atom. The van der Waals surface area contributed by atoms with Crippen molar-refractivity contribution >= 4 is 22.7 Å². The smallest absolute Gasteiger partial charge is 0.340 e. The van der Waals surface area contributed by atoms with Crippen LogP contribution >= 0.6 is 0 Å². The van der Waals surface area contributed by atoms with Crippen LogP contribution in [-0.2, 0) is 17.6 Å². The highest BCUT2D eigenvalue weighted by Crippen LogP contribution is 2.43. The van der Waals surface area contributed by atoms with Gasteiger partial charge in [0.25, 0.3) is 0 Å². The minimum absolute atomic E-state index is 0.146. The normalized spacial score (nSPS) is 14.2. The highest BCUT2D eigenvalue weighted by Gasteiger charge is 2.31. The van der Waals surface area contributed by atoms with E-state index >= 15 is 0 Å². The van der Waals surface area contributed by atoms with Crippen molar-refractivity contribution in [3.8, 4) is 17.2 Å². The second-order valence-corrected chi connectivity index (χ2v) is 9.76. The van der Waals surface area contributed by atoms with E-state index in [-0.39, 0.29) is 23.5 Å². The number of nitrogens with one attached hydrogen (secondary N) is 1. The number of fused-ring (bicyclic) bond motifs is 3. The summed E-state index contributed by atoms with van der Waals surface area (Å²) in [5.74, 6) is 1.39. The molecule has 8 heteroatoms. The number of hydrogen-bond acceptors (Lipinski definition) is 6. The highest BCUT2D eigenvalue weighted by molar-refractivity contribution is 5.95. The van der Waals surface area contributed by atoms with E-state index in [4.69, 9.17) is 13.9 Å². The topological polar surface area (TPSA) is 95.6 Å². The first-order valence-corrected chi connectivity index (χ1v) is 11.9. The van der Waals surface area contributed by atoms with Gasteiger partial charge in [-0.3, -0.25) is 4.79 Å². The Morgan fingerprint density at radius 1 is 1.19 bits per heavy atom. The minimum Gasteiger partial charge on any atom is -0.496 e. The van der Waals surface area contributed by atoms with Crippen molar-refractivity contribution in [2.24, 2.45) is 0 Å². The second-order valence-electron chi connectivity index (χ2n) is 9.76. The molecule has 36 heavy (non-hydrogen) atoms. The number of para-hydroxylation sites is 1. The van der Waals surface area contributed by atoms with Gasteiger partial charge in [0, 0.05) is 17.7 Å². The molecule has 8 nitrogen and oxygen atoms in total. The summed E-state index contributed by atoms with van der Waals surface area (Å²) >= 11 is 0. The fourth-order valence-electron chi connectivity index (χ4n) is 4.75. The number of anilines is 1. The molecule has 1 N–H and O–H groups in total. The van der Waals surface area contributed by atoms with E-state index < -0.39 is 5.63 Å². The lowest BCUT2D eigenvalue weighted by molar-refractivity contribution is -0.115. The molecule has 1 aliphatic rings. The Labute approximate surface area is 208 Å². The zero-order valence-corrected chi connectivity index (χ0v) is 21.1. The highest BCUT2D eigenvalue weighted by atomic mass is 16.5. The van der Waals surface area contributed by atoms with E-state index in [1.165, 1.54) is 0 Å². The van der Waals surface area contributed by atoms with Crippen LogP contribution in [0.15, 0.2) is 51.7 Å². The SMILES string of the molecule is COc1cc2c(c3oc(=O)c(CC(=O)Nc4cc(C)nn4-c4ccccc4)c(C)c13)CCC(C)(C)O2. The Morgan fingerprint density at radius 2 is 1.94 bits per heavy atom. The van der Waals surface area contributed by atoms with Gasteiger partial charge in [0.05, 0.1) is 35.9 Å². The number of methoxy groups -OCH3 is 1. The number of aryl methyl sites for hydroxylation is 3. The number of carbonyl (C=O) groups excluding carboxylic acids is 1. The van der Waals surface area contributed by atoms with Crippen molar-refractivity contribution in [1.29, 1.82) is 0 Å². The van der Waals surface area contributed by atoms with Crippen LogP contribution in [0.3, 0.4) is 0 Å². The molecule has 3 heterocycles. The molecule has 4 aromatic rings. The molecular formula is C28H29N3O5. The predicted octanol–water partition coefficient (Wildman–Crippen LogP) is 4.89. The number of nitrogens with zero attached hydrogens (tertiary/aromatic N) is 2. The molecule has 0 unspecified atom stereocenters. The third-order valence-electron chi connectivity index (χ3n) is 6.60. The molecule has 0 bridgehead atoms. The van der Waals surface area contributed by atoms with Crippen LogP contribution in [-0.4, -0.2) is 28.4 Å². The van der Waals surface area contributed by atoms with Crippen LogP contribution in [0.25, 0.3) is 16.7 Å². The van der Waals surface area contributed by atoms with Gasteiger partial charge in [-0.25, -0.2) is 9.48 Å². The third-order valence-corrected chi connectivity index (χ3v) is 6.60. The summed E-state index contributed by atoms with van der Waals surface area (Å²) in [5.41, 5.74) is 2.99. The molecule has 0 aliphatic carbocycles. The largest absolute Gasteiger partial charge is 0.496 e. The van der Waals surface area contributed by atoms with Crippen molar-refractivity contribution in [2.75, 3.05) is 12.4 Å². The van der Waals surface area contributed by atoms with Crippen molar-refractivity contribution in [3.63, 3.8) is 0 Å². The summed E-state index contributed by atoms with van der Waals surface area (Å²) in [6.45, 7) is 7.74. The number of carbonyl (C=O) groups is 1. The van der Waals surface area contributed by atoms with Crippen molar-refractivity contribution in [2.45, 2.75) is 52.6 Å². The molecule has 0 fully saturated rings. The number of amides is 1.